The molecule has 0 amide bonds. The number of rotatable bonds is 4. The summed E-state index contributed by atoms with van der Waals surface area (Å²) in [4.78, 5) is 2.79. The van der Waals surface area contributed by atoms with Crippen molar-refractivity contribution in [2.45, 2.75) is 64.8 Å². The van der Waals surface area contributed by atoms with Crippen LogP contribution in [0.5, 0.6) is 0 Å². The molecule has 110 valence electrons. The Bertz CT molecular complexity index is 457. The summed E-state index contributed by atoms with van der Waals surface area (Å²) >= 11 is 0. The van der Waals surface area contributed by atoms with Crippen LogP contribution >= 0.6 is 0 Å². The number of hydrogen-bond acceptors (Lipinski definition) is 1. The fourth-order valence-electron chi connectivity index (χ4n) is 4.39. The highest BCUT2D eigenvalue weighted by Gasteiger charge is 2.42. The third kappa shape index (κ3) is 2.53. The smallest absolute Gasteiger partial charge is 0.0167 e. The molecule has 1 aromatic carbocycles. The van der Waals surface area contributed by atoms with Gasteiger partial charge in [-0.2, -0.15) is 0 Å². The molecule has 3 aliphatic heterocycles. The van der Waals surface area contributed by atoms with Crippen molar-refractivity contribution in [1.82, 2.24) is 4.90 Å². The van der Waals surface area contributed by atoms with Crippen LogP contribution in [-0.4, -0.2) is 24.0 Å². The number of unbranched alkanes of at least 4 members (excludes halogenated alkanes) is 1. The summed E-state index contributed by atoms with van der Waals surface area (Å²) in [5.41, 5.74) is 4.51. The van der Waals surface area contributed by atoms with E-state index in [-0.39, 0.29) is 0 Å². The monoisotopic (exact) mass is 271 g/mol. The largest absolute Gasteiger partial charge is 0.300 e. The van der Waals surface area contributed by atoms with Crippen LogP contribution in [0.2, 0.25) is 0 Å². The Morgan fingerprint density at radius 3 is 2.50 bits per heavy atom. The molecule has 3 heterocycles. The lowest BCUT2D eigenvalue weighted by Gasteiger charge is -2.51. The molecule has 2 atom stereocenters. The van der Waals surface area contributed by atoms with Crippen LogP contribution in [-0.2, 0) is 0 Å². The lowest BCUT2D eigenvalue weighted by molar-refractivity contribution is 0.0202. The van der Waals surface area contributed by atoms with Gasteiger partial charge in [-0.1, -0.05) is 38.0 Å². The first kappa shape index (κ1) is 14.1. The van der Waals surface area contributed by atoms with Gasteiger partial charge in [0.15, 0.2) is 0 Å². The molecule has 2 bridgehead atoms. The highest BCUT2D eigenvalue weighted by Crippen LogP contribution is 2.45. The molecular weight excluding hydrogens is 242 g/mol. The Hall–Kier alpha value is -0.820. The molecule has 1 heteroatoms. The normalized spacial score (nSPS) is 32.5. The van der Waals surface area contributed by atoms with E-state index in [9.17, 15) is 0 Å². The molecule has 0 saturated carbocycles. The van der Waals surface area contributed by atoms with Crippen LogP contribution < -0.4 is 0 Å². The minimum Gasteiger partial charge on any atom is -0.300 e. The Morgan fingerprint density at radius 2 is 1.85 bits per heavy atom. The van der Waals surface area contributed by atoms with Crippen molar-refractivity contribution in [1.29, 1.82) is 0 Å². The van der Waals surface area contributed by atoms with E-state index in [1.807, 2.05) is 0 Å². The summed E-state index contributed by atoms with van der Waals surface area (Å²) in [6, 6.07) is 8.03. The van der Waals surface area contributed by atoms with E-state index in [1.54, 1.807) is 5.56 Å². The third-order valence-electron chi connectivity index (χ3n) is 5.73. The number of hydrogen-bond donors (Lipinski definition) is 0. The Labute approximate surface area is 124 Å². The topological polar surface area (TPSA) is 3.24 Å². The second-order valence-corrected chi connectivity index (χ2v) is 6.95. The predicted octanol–water partition coefficient (Wildman–Crippen LogP) is 4.67. The van der Waals surface area contributed by atoms with E-state index in [1.165, 1.54) is 56.3 Å². The lowest BCUT2D eigenvalue weighted by Crippen LogP contribution is -2.53. The van der Waals surface area contributed by atoms with Crippen molar-refractivity contribution in [3.8, 4) is 0 Å². The molecule has 0 unspecified atom stereocenters. The van der Waals surface area contributed by atoms with Crippen molar-refractivity contribution in [2.24, 2.45) is 5.92 Å². The van der Waals surface area contributed by atoms with Gasteiger partial charge in [0.25, 0.3) is 0 Å². The summed E-state index contributed by atoms with van der Waals surface area (Å²) in [6.07, 6.45) is 6.94. The second-order valence-electron chi connectivity index (χ2n) is 6.95. The Morgan fingerprint density at radius 1 is 1.10 bits per heavy atom. The first-order chi connectivity index (χ1) is 9.70. The van der Waals surface area contributed by atoms with Crippen LogP contribution in [0.15, 0.2) is 18.2 Å². The van der Waals surface area contributed by atoms with Gasteiger partial charge in [-0.05, 0) is 68.8 Å². The fraction of sp³-hybridized carbons (Fsp3) is 0.684. The van der Waals surface area contributed by atoms with Crippen LogP contribution in [0.1, 0.15) is 61.6 Å². The summed E-state index contributed by atoms with van der Waals surface area (Å²) in [5, 5.41) is 0. The molecule has 0 radical (unpaired) electrons. The van der Waals surface area contributed by atoms with Gasteiger partial charge < -0.3 is 0 Å². The summed E-state index contributed by atoms with van der Waals surface area (Å²) in [5.74, 6) is 1.73. The maximum atomic E-state index is 2.79. The average molecular weight is 271 g/mol. The number of piperidine rings is 3. The van der Waals surface area contributed by atoms with Crippen molar-refractivity contribution in [2.75, 3.05) is 13.1 Å². The molecule has 0 spiro atoms. The summed E-state index contributed by atoms with van der Waals surface area (Å²) in [7, 11) is 0. The molecule has 3 aliphatic rings. The van der Waals surface area contributed by atoms with E-state index < -0.39 is 0 Å². The molecular formula is C19H29N. The molecule has 3 fully saturated rings. The van der Waals surface area contributed by atoms with Gasteiger partial charge in [0.1, 0.15) is 0 Å². The number of aryl methyl sites for hydroxylation is 2. The SMILES string of the molecule is CCCC[C@@H]1[C@H](c2ccc(C)c(C)c2)C2CCN1CC2. The number of benzene rings is 1. The zero-order valence-electron chi connectivity index (χ0n) is 13.4. The maximum absolute atomic E-state index is 2.79. The third-order valence-corrected chi connectivity index (χ3v) is 5.73. The van der Waals surface area contributed by atoms with E-state index in [0.717, 1.165) is 17.9 Å². The number of nitrogens with zero attached hydrogens (tertiary/aromatic N) is 1. The van der Waals surface area contributed by atoms with Crippen molar-refractivity contribution < 1.29 is 0 Å². The molecule has 1 aromatic rings. The molecule has 1 nitrogen and oxygen atoms in total. The molecule has 0 aliphatic carbocycles. The highest BCUT2D eigenvalue weighted by molar-refractivity contribution is 5.34. The van der Waals surface area contributed by atoms with Crippen LogP contribution in [0.4, 0.5) is 0 Å². The molecule has 20 heavy (non-hydrogen) atoms. The highest BCUT2D eigenvalue weighted by atomic mass is 15.2. The lowest BCUT2D eigenvalue weighted by atomic mass is 9.69. The Balaban J connectivity index is 1.89. The van der Waals surface area contributed by atoms with Crippen LogP contribution in [0, 0.1) is 19.8 Å². The first-order valence-electron chi connectivity index (χ1n) is 8.52. The second kappa shape index (κ2) is 5.89. The molecule has 3 saturated heterocycles. The van der Waals surface area contributed by atoms with Crippen molar-refractivity contribution in [3.63, 3.8) is 0 Å². The van der Waals surface area contributed by atoms with Gasteiger partial charge in [0.2, 0.25) is 0 Å². The number of fused-ring (bicyclic) bond motifs is 3. The van der Waals surface area contributed by atoms with E-state index in [2.05, 4.69) is 43.9 Å². The fourth-order valence-corrected chi connectivity index (χ4v) is 4.39. The molecule has 0 N–H and O–H groups in total. The quantitative estimate of drug-likeness (QED) is 0.769. The van der Waals surface area contributed by atoms with Crippen molar-refractivity contribution in [3.05, 3.63) is 34.9 Å². The summed E-state index contributed by atoms with van der Waals surface area (Å²) < 4.78 is 0. The molecule has 4 rings (SSSR count). The van der Waals surface area contributed by atoms with Gasteiger partial charge in [-0.15, -0.1) is 0 Å². The van der Waals surface area contributed by atoms with Gasteiger partial charge in [-0.3, -0.25) is 4.90 Å². The average Bonchev–Trinajstić information content (AvgIpc) is 2.48. The van der Waals surface area contributed by atoms with Gasteiger partial charge in [0, 0.05) is 12.0 Å². The summed E-state index contributed by atoms with van der Waals surface area (Å²) in [6.45, 7) is 9.51. The van der Waals surface area contributed by atoms with Gasteiger partial charge in [0.05, 0.1) is 0 Å². The van der Waals surface area contributed by atoms with E-state index >= 15 is 0 Å². The predicted molar refractivity (Wildman–Crippen MR) is 86.3 cm³/mol. The zero-order chi connectivity index (χ0) is 14.1. The first-order valence-corrected chi connectivity index (χ1v) is 8.52. The van der Waals surface area contributed by atoms with Gasteiger partial charge >= 0.3 is 0 Å². The Kier molecular flexibility index (Phi) is 4.16. The molecule has 0 aromatic heterocycles. The minimum atomic E-state index is 0.795. The van der Waals surface area contributed by atoms with Crippen LogP contribution in [0.3, 0.4) is 0 Å². The standard InChI is InChI=1S/C19H29N/c1-4-5-6-18-19(16-9-11-20(18)12-10-16)17-8-7-14(2)15(3)13-17/h7-8,13,16,18-19H,4-6,9-12H2,1-3H3/t18-,19+/m1/s1. The van der Waals surface area contributed by atoms with Crippen LogP contribution in [0.25, 0.3) is 0 Å². The van der Waals surface area contributed by atoms with E-state index in [4.69, 9.17) is 0 Å². The maximum Gasteiger partial charge on any atom is 0.0167 e. The minimum absolute atomic E-state index is 0.795. The van der Waals surface area contributed by atoms with E-state index in [0.29, 0.717) is 0 Å². The zero-order valence-corrected chi connectivity index (χ0v) is 13.4. The van der Waals surface area contributed by atoms with Crippen molar-refractivity contribution >= 4 is 0 Å². The van der Waals surface area contributed by atoms with Gasteiger partial charge in [-0.25, -0.2) is 0 Å².